The van der Waals surface area contributed by atoms with Gasteiger partial charge >= 0.3 is 5.97 Å². The molecular weight excluding hydrogens is 454 g/mol. The predicted octanol–water partition coefficient (Wildman–Crippen LogP) is 7.15. The van der Waals surface area contributed by atoms with Crippen molar-refractivity contribution in [2.45, 2.75) is 13.3 Å². The van der Waals surface area contributed by atoms with Gasteiger partial charge in [-0.05, 0) is 64.0 Å². The summed E-state index contributed by atoms with van der Waals surface area (Å²) in [4.78, 5) is 12.1. The Morgan fingerprint density at radius 1 is 1.03 bits per heavy atom. The molecule has 172 valence electrons. The highest BCUT2D eigenvalue weighted by atomic mass is 32.1. The summed E-state index contributed by atoms with van der Waals surface area (Å²) in [5, 5.41) is 10.2. The number of nitrogens with zero attached hydrogens (tertiary/aromatic N) is 2. The van der Waals surface area contributed by atoms with Gasteiger partial charge in [0.25, 0.3) is 0 Å². The fraction of sp³-hybridized carbons (Fsp3) is 0.0690. The zero-order valence-corrected chi connectivity index (χ0v) is 20.0. The molecule has 0 bridgehead atoms. The van der Waals surface area contributed by atoms with E-state index in [0.717, 1.165) is 56.3 Å². The molecule has 5 aromatic rings. The lowest BCUT2D eigenvalue weighted by Gasteiger charge is -2.19. The monoisotopic (exact) mass is 477 g/mol. The molecule has 0 amide bonds. The molecular formula is C29H23N3O2S. The van der Waals surface area contributed by atoms with Gasteiger partial charge in [-0.2, -0.15) is 5.10 Å². The van der Waals surface area contributed by atoms with Crippen LogP contribution in [-0.4, -0.2) is 20.5 Å². The van der Waals surface area contributed by atoms with Crippen molar-refractivity contribution in [2.24, 2.45) is 0 Å². The maximum Gasteiger partial charge on any atom is 0.335 e. The van der Waals surface area contributed by atoms with Crippen molar-refractivity contribution in [1.82, 2.24) is 14.6 Å². The van der Waals surface area contributed by atoms with Gasteiger partial charge < -0.3 is 4.74 Å². The Morgan fingerprint density at radius 2 is 1.83 bits per heavy atom. The van der Waals surface area contributed by atoms with Crippen LogP contribution in [0.15, 0.2) is 97.2 Å². The lowest BCUT2D eigenvalue weighted by atomic mass is 9.87. The number of benzene rings is 3. The van der Waals surface area contributed by atoms with Crippen molar-refractivity contribution in [3.8, 4) is 16.9 Å². The van der Waals surface area contributed by atoms with Gasteiger partial charge in [-0.3, -0.25) is 5.10 Å². The summed E-state index contributed by atoms with van der Waals surface area (Å²) >= 11 is 1.44. The molecule has 1 N–H and O–H groups in total. The summed E-state index contributed by atoms with van der Waals surface area (Å²) in [5.41, 5.74) is 8.31. The summed E-state index contributed by atoms with van der Waals surface area (Å²) in [7, 11) is 0. The minimum atomic E-state index is -0.492. The van der Waals surface area contributed by atoms with Crippen molar-refractivity contribution in [3.63, 3.8) is 0 Å². The Balaban J connectivity index is 1.72. The SMILES string of the molecule is C=CC(=O)Oc1ccccc1/C(=C(\CC)c1ccc(-c2cnsc2)cc1)c1ccc2[nH]ncc2c1. The lowest BCUT2D eigenvalue weighted by molar-refractivity contribution is -0.128. The smallest absolute Gasteiger partial charge is 0.335 e. The van der Waals surface area contributed by atoms with Crippen LogP contribution in [0.1, 0.15) is 30.0 Å². The van der Waals surface area contributed by atoms with E-state index in [1.165, 1.54) is 17.6 Å². The van der Waals surface area contributed by atoms with Gasteiger partial charge in [-0.1, -0.05) is 62.0 Å². The zero-order valence-electron chi connectivity index (χ0n) is 19.2. The zero-order chi connectivity index (χ0) is 24.2. The molecule has 0 spiro atoms. The number of hydrogen-bond donors (Lipinski definition) is 1. The molecule has 0 radical (unpaired) electrons. The highest BCUT2D eigenvalue weighted by molar-refractivity contribution is 7.03. The molecule has 0 saturated carbocycles. The van der Waals surface area contributed by atoms with Crippen molar-refractivity contribution in [1.29, 1.82) is 0 Å². The number of esters is 1. The van der Waals surface area contributed by atoms with Crippen LogP contribution in [0.4, 0.5) is 0 Å². The molecule has 2 aromatic heterocycles. The van der Waals surface area contributed by atoms with Crippen LogP contribution in [0, 0.1) is 0 Å². The van der Waals surface area contributed by atoms with Crippen LogP contribution >= 0.6 is 11.5 Å². The maximum absolute atomic E-state index is 12.1. The first kappa shape index (κ1) is 22.5. The van der Waals surface area contributed by atoms with Gasteiger partial charge in [0.15, 0.2) is 0 Å². The number of rotatable bonds is 7. The third-order valence-corrected chi connectivity index (χ3v) is 6.50. The Hall–Kier alpha value is -4.29. The summed E-state index contributed by atoms with van der Waals surface area (Å²) < 4.78 is 9.87. The molecule has 5 rings (SSSR count). The van der Waals surface area contributed by atoms with Gasteiger partial charge in [0.1, 0.15) is 5.75 Å². The average Bonchev–Trinajstić information content (AvgIpc) is 3.60. The molecule has 0 saturated heterocycles. The Labute approximate surface area is 207 Å². The standard InChI is InChI=1S/C29H23N3O2S/c1-3-24(20-11-9-19(10-12-20)23-17-31-35-18-23)29(21-13-14-26-22(15-21)16-30-32-26)25-7-5-6-8-27(25)34-28(33)4-2/h4-18H,2-3H2,1H3,(H,30,32)/b29-24+. The van der Waals surface area contributed by atoms with Crippen LogP contribution in [0.5, 0.6) is 5.75 Å². The number of aromatic nitrogens is 3. The van der Waals surface area contributed by atoms with Gasteiger partial charge in [-0.15, -0.1) is 0 Å². The molecule has 35 heavy (non-hydrogen) atoms. The van der Waals surface area contributed by atoms with Crippen molar-refractivity contribution < 1.29 is 9.53 Å². The molecule has 2 heterocycles. The number of H-pyrrole nitrogens is 1. The van der Waals surface area contributed by atoms with Crippen molar-refractivity contribution in [2.75, 3.05) is 0 Å². The van der Waals surface area contributed by atoms with Crippen LogP contribution in [0.25, 0.3) is 33.2 Å². The second kappa shape index (κ2) is 9.91. The number of aromatic amines is 1. The van der Waals surface area contributed by atoms with E-state index in [4.69, 9.17) is 4.74 Å². The van der Waals surface area contributed by atoms with E-state index in [9.17, 15) is 4.79 Å². The Morgan fingerprint density at radius 3 is 2.57 bits per heavy atom. The van der Waals surface area contributed by atoms with E-state index >= 15 is 0 Å². The molecule has 0 aliphatic heterocycles. The first-order valence-electron chi connectivity index (χ1n) is 11.3. The highest BCUT2D eigenvalue weighted by Gasteiger charge is 2.18. The number of nitrogens with one attached hydrogen (secondary N) is 1. The Kier molecular flexibility index (Phi) is 6.37. The van der Waals surface area contributed by atoms with Gasteiger partial charge in [0, 0.05) is 34.2 Å². The fourth-order valence-electron chi connectivity index (χ4n) is 4.24. The van der Waals surface area contributed by atoms with E-state index in [0.29, 0.717) is 5.75 Å². The molecule has 3 aromatic carbocycles. The van der Waals surface area contributed by atoms with Crippen LogP contribution in [0.2, 0.25) is 0 Å². The summed E-state index contributed by atoms with van der Waals surface area (Å²) in [6.45, 7) is 5.68. The summed E-state index contributed by atoms with van der Waals surface area (Å²) in [5.74, 6) is 0.000434. The number of carbonyl (C=O) groups is 1. The number of hydrogen-bond acceptors (Lipinski definition) is 5. The van der Waals surface area contributed by atoms with E-state index in [-0.39, 0.29) is 0 Å². The topological polar surface area (TPSA) is 67.9 Å². The number of fused-ring (bicyclic) bond motifs is 1. The minimum Gasteiger partial charge on any atom is -0.423 e. The molecule has 0 aliphatic carbocycles. The third kappa shape index (κ3) is 4.56. The van der Waals surface area contributed by atoms with Crippen molar-refractivity contribution in [3.05, 3.63) is 114 Å². The molecule has 0 unspecified atom stereocenters. The van der Waals surface area contributed by atoms with Gasteiger partial charge in [-0.25, -0.2) is 9.17 Å². The average molecular weight is 478 g/mol. The van der Waals surface area contributed by atoms with Crippen LogP contribution in [-0.2, 0) is 4.79 Å². The minimum absolute atomic E-state index is 0.492. The van der Waals surface area contributed by atoms with E-state index in [1.807, 2.05) is 48.1 Å². The number of ether oxygens (including phenoxy) is 1. The first-order chi connectivity index (χ1) is 17.2. The largest absolute Gasteiger partial charge is 0.423 e. The summed E-state index contributed by atoms with van der Waals surface area (Å²) in [6, 6.07) is 22.3. The normalized spacial score (nSPS) is 11.8. The van der Waals surface area contributed by atoms with Gasteiger partial charge in [0.2, 0.25) is 0 Å². The van der Waals surface area contributed by atoms with E-state index in [2.05, 4.69) is 64.5 Å². The maximum atomic E-state index is 12.1. The highest BCUT2D eigenvalue weighted by Crippen LogP contribution is 2.39. The fourth-order valence-corrected chi connectivity index (χ4v) is 4.79. The molecule has 0 aliphatic rings. The second-order valence-electron chi connectivity index (χ2n) is 7.99. The second-order valence-corrected chi connectivity index (χ2v) is 8.65. The Bertz CT molecular complexity index is 1530. The predicted molar refractivity (Wildman–Crippen MR) is 142 cm³/mol. The quantitative estimate of drug-likeness (QED) is 0.117. The number of allylic oxidation sites excluding steroid dienone is 1. The van der Waals surface area contributed by atoms with E-state index in [1.54, 1.807) is 0 Å². The van der Waals surface area contributed by atoms with Crippen LogP contribution < -0.4 is 4.74 Å². The molecule has 0 atom stereocenters. The van der Waals surface area contributed by atoms with E-state index < -0.39 is 5.97 Å². The molecule has 5 nitrogen and oxygen atoms in total. The number of carbonyl (C=O) groups excluding carboxylic acids is 1. The first-order valence-corrected chi connectivity index (χ1v) is 12.1. The lowest BCUT2D eigenvalue weighted by Crippen LogP contribution is -2.06. The number of para-hydroxylation sites is 1. The van der Waals surface area contributed by atoms with Crippen molar-refractivity contribution >= 4 is 39.6 Å². The van der Waals surface area contributed by atoms with Gasteiger partial charge in [0.05, 0.1) is 11.7 Å². The molecule has 6 heteroatoms. The molecule has 0 fully saturated rings. The third-order valence-electron chi connectivity index (χ3n) is 5.92. The van der Waals surface area contributed by atoms with Crippen LogP contribution in [0.3, 0.4) is 0 Å². The summed E-state index contributed by atoms with van der Waals surface area (Å²) in [6.07, 6.45) is 5.65.